The molecule has 1 heterocycles. The highest BCUT2D eigenvalue weighted by Gasteiger charge is 2.31. The summed E-state index contributed by atoms with van der Waals surface area (Å²) in [6, 6.07) is 15.7. The number of sulfonamides is 2. The highest BCUT2D eigenvalue weighted by Crippen LogP contribution is 2.29. The minimum absolute atomic E-state index is 0.0216. The molecule has 9 nitrogen and oxygen atoms in total. The van der Waals surface area contributed by atoms with Crippen molar-refractivity contribution < 1.29 is 26.4 Å². The van der Waals surface area contributed by atoms with Gasteiger partial charge in [0.2, 0.25) is 15.9 Å². The number of hydrogen-bond donors (Lipinski definition) is 2. The molecule has 40 heavy (non-hydrogen) atoms. The van der Waals surface area contributed by atoms with Gasteiger partial charge in [-0.25, -0.2) is 21.1 Å². The Balaban J connectivity index is 1.34. The van der Waals surface area contributed by atoms with E-state index in [0.717, 1.165) is 5.56 Å². The fourth-order valence-corrected chi connectivity index (χ4v) is 7.60. The van der Waals surface area contributed by atoms with Gasteiger partial charge in [-0.3, -0.25) is 9.52 Å². The first-order chi connectivity index (χ1) is 18.9. The van der Waals surface area contributed by atoms with Gasteiger partial charge in [0.15, 0.2) is 0 Å². The molecule has 0 bridgehead atoms. The second-order valence-electron chi connectivity index (χ2n) is 9.49. The summed E-state index contributed by atoms with van der Waals surface area (Å²) in [5, 5.41) is 3.51. The normalized spacial score (nSPS) is 15.0. The molecule has 3 aromatic rings. The average molecular weight is 627 g/mol. The zero-order chi connectivity index (χ0) is 29.1. The minimum atomic E-state index is -3.90. The second kappa shape index (κ2) is 12.4. The van der Waals surface area contributed by atoms with Gasteiger partial charge in [0.1, 0.15) is 5.75 Å². The van der Waals surface area contributed by atoms with Crippen LogP contribution >= 0.6 is 23.2 Å². The van der Waals surface area contributed by atoms with Crippen LogP contribution in [-0.2, 0) is 30.6 Å². The van der Waals surface area contributed by atoms with E-state index in [0.29, 0.717) is 40.6 Å². The van der Waals surface area contributed by atoms with Gasteiger partial charge in [0.05, 0.1) is 23.4 Å². The Morgan fingerprint density at radius 3 is 2.27 bits per heavy atom. The number of nitrogens with one attached hydrogen (secondary N) is 2. The Kier molecular flexibility index (Phi) is 9.31. The lowest BCUT2D eigenvalue weighted by Crippen LogP contribution is -2.41. The summed E-state index contributed by atoms with van der Waals surface area (Å²) in [7, 11) is -6.06. The maximum atomic E-state index is 12.9. The van der Waals surface area contributed by atoms with Crippen LogP contribution in [0.4, 0.5) is 11.4 Å². The first kappa shape index (κ1) is 30.1. The first-order valence-electron chi connectivity index (χ1n) is 12.4. The predicted molar refractivity (Wildman–Crippen MR) is 157 cm³/mol. The van der Waals surface area contributed by atoms with E-state index in [1.807, 2.05) is 13.0 Å². The standard InChI is InChI=1S/C27H29Cl2N3O6S2/c1-18-3-10-26(38-2)25(15-18)31-40(36,37)23-8-6-22(7-9-23)30-27(33)19-11-13-32(14-12-19)39(34,35)17-20-4-5-21(28)16-24(20)29/h3-10,15-16,19,31H,11-14,17H2,1-2H3,(H,30,33). The molecule has 0 unspecified atom stereocenters. The highest BCUT2D eigenvalue weighted by atomic mass is 35.5. The molecule has 0 radical (unpaired) electrons. The van der Waals surface area contributed by atoms with E-state index in [4.69, 9.17) is 27.9 Å². The van der Waals surface area contributed by atoms with Gasteiger partial charge in [0.25, 0.3) is 10.0 Å². The van der Waals surface area contributed by atoms with E-state index in [-0.39, 0.29) is 40.6 Å². The Bertz CT molecular complexity index is 1610. The lowest BCUT2D eigenvalue weighted by atomic mass is 9.97. The van der Waals surface area contributed by atoms with Gasteiger partial charge in [-0.05, 0) is 79.4 Å². The van der Waals surface area contributed by atoms with Crippen molar-refractivity contribution in [2.75, 3.05) is 30.2 Å². The van der Waals surface area contributed by atoms with Gasteiger partial charge in [0, 0.05) is 34.7 Å². The van der Waals surface area contributed by atoms with Gasteiger partial charge in [-0.15, -0.1) is 0 Å². The Morgan fingerprint density at radius 1 is 0.975 bits per heavy atom. The molecule has 4 rings (SSSR count). The molecule has 214 valence electrons. The van der Waals surface area contributed by atoms with Crippen LogP contribution in [0.5, 0.6) is 5.75 Å². The Hall–Kier alpha value is -2.83. The van der Waals surface area contributed by atoms with Crippen molar-refractivity contribution in [2.24, 2.45) is 5.92 Å². The summed E-state index contributed by atoms with van der Waals surface area (Å²) in [4.78, 5) is 12.9. The molecule has 2 N–H and O–H groups in total. The molecule has 1 aliphatic rings. The molecule has 0 aromatic heterocycles. The summed E-state index contributed by atoms with van der Waals surface area (Å²) >= 11 is 12.0. The quantitative estimate of drug-likeness (QED) is 0.333. The number of piperidine rings is 1. The van der Waals surface area contributed by atoms with Gasteiger partial charge < -0.3 is 10.1 Å². The topological polar surface area (TPSA) is 122 Å². The van der Waals surface area contributed by atoms with Crippen LogP contribution in [0.15, 0.2) is 65.6 Å². The number of methoxy groups -OCH3 is 1. The summed E-state index contributed by atoms with van der Waals surface area (Å²) in [5.41, 5.74) is 2.09. The number of halogens is 2. The molecule has 1 fully saturated rings. The van der Waals surface area contributed by atoms with E-state index in [1.165, 1.54) is 41.7 Å². The summed E-state index contributed by atoms with van der Waals surface area (Å²) in [6.45, 7) is 2.25. The smallest absolute Gasteiger partial charge is 0.262 e. The van der Waals surface area contributed by atoms with Crippen molar-refractivity contribution in [2.45, 2.75) is 30.4 Å². The number of nitrogens with zero attached hydrogens (tertiary/aromatic N) is 1. The minimum Gasteiger partial charge on any atom is -0.495 e. The maximum Gasteiger partial charge on any atom is 0.262 e. The second-order valence-corrected chi connectivity index (χ2v) is 14.0. The number of amides is 1. The van der Waals surface area contributed by atoms with E-state index in [1.54, 1.807) is 24.3 Å². The number of anilines is 2. The third-order valence-corrected chi connectivity index (χ3v) is 10.4. The maximum absolute atomic E-state index is 12.9. The number of aryl methyl sites for hydroxylation is 1. The Morgan fingerprint density at radius 2 is 1.65 bits per heavy atom. The van der Waals surface area contributed by atoms with Crippen LogP contribution in [0, 0.1) is 12.8 Å². The number of benzene rings is 3. The molecular formula is C27H29Cl2N3O6S2. The van der Waals surface area contributed by atoms with Gasteiger partial charge in [-0.2, -0.15) is 0 Å². The number of carbonyl (C=O) groups excluding carboxylic acids is 1. The number of ether oxygens (including phenoxy) is 1. The fraction of sp³-hybridized carbons (Fsp3) is 0.296. The number of rotatable bonds is 9. The first-order valence-corrected chi connectivity index (χ1v) is 16.2. The van der Waals surface area contributed by atoms with E-state index in [9.17, 15) is 21.6 Å². The van der Waals surface area contributed by atoms with Crippen LogP contribution < -0.4 is 14.8 Å². The van der Waals surface area contributed by atoms with Crippen molar-refractivity contribution in [3.8, 4) is 5.75 Å². The molecule has 0 aliphatic carbocycles. The molecule has 0 spiro atoms. The molecule has 0 saturated carbocycles. The van der Waals surface area contributed by atoms with Crippen LogP contribution in [0.25, 0.3) is 0 Å². The zero-order valence-electron chi connectivity index (χ0n) is 21.9. The molecule has 3 aromatic carbocycles. The third kappa shape index (κ3) is 7.27. The third-order valence-electron chi connectivity index (χ3n) is 6.60. The van der Waals surface area contributed by atoms with Crippen molar-refractivity contribution >= 4 is 60.5 Å². The molecule has 13 heteroatoms. The molecule has 1 amide bonds. The molecule has 1 saturated heterocycles. The van der Waals surface area contributed by atoms with E-state index < -0.39 is 20.0 Å². The molecule has 1 aliphatic heterocycles. The van der Waals surface area contributed by atoms with Crippen LogP contribution in [0.1, 0.15) is 24.0 Å². The van der Waals surface area contributed by atoms with Gasteiger partial charge in [-0.1, -0.05) is 35.3 Å². The number of hydrogen-bond acceptors (Lipinski definition) is 6. The largest absolute Gasteiger partial charge is 0.495 e. The van der Waals surface area contributed by atoms with Crippen LogP contribution in [-0.4, -0.2) is 47.2 Å². The van der Waals surface area contributed by atoms with Gasteiger partial charge >= 0.3 is 0 Å². The summed E-state index contributed by atoms with van der Waals surface area (Å²) < 4.78 is 60.8. The van der Waals surface area contributed by atoms with Crippen molar-refractivity contribution in [1.29, 1.82) is 0 Å². The zero-order valence-corrected chi connectivity index (χ0v) is 25.0. The monoisotopic (exact) mass is 625 g/mol. The summed E-state index contributed by atoms with van der Waals surface area (Å²) in [5.74, 6) is -0.494. The lowest BCUT2D eigenvalue weighted by Gasteiger charge is -2.30. The SMILES string of the molecule is COc1ccc(C)cc1NS(=O)(=O)c1ccc(NC(=O)C2CCN(S(=O)(=O)Cc3ccc(Cl)cc3Cl)CC2)cc1. The highest BCUT2D eigenvalue weighted by molar-refractivity contribution is 7.92. The fourth-order valence-electron chi connectivity index (χ4n) is 4.39. The average Bonchev–Trinajstić information content (AvgIpc) is 2.90. The molecular weight excluding hydrogens is 597 g/mol. The number of carbonyl (C=O) groups is 1. The Labute approximate surface area is 244 Å². The van der Waals surface area contributed by atoms with E-state index in [2.05, 4.69) is 10.0 Å². The van der Waals surface area contributed by atoms with Crippen molar-refractivity contribution in [3.63, 3.8) is 0 Å². The van der Waals surface area contributed by atoms with Crippen molar-refractivity contribution in [1.82, 2.24) is 4.31 Å². The lowest BCUT2D eigenvalue weighted by molar-refractivity contribution is -0.120. The van der Waals surface area contributed by atoms with Crippen molar-refractivity contribution in [3.05, 3.63) is 81.8 Å². The molecule has 0 atom stereocenters. The van der Waals surface area contributed by atoms with Crippen LogP contribution in [0.3, 0.4) is 0 Å². The predicted octanol–water partition coefficient (Wildman–Crippen LogP) is 5.29. The van der Waals surface area contributed by atoms with E-state index >= 15 is 0 Å². The van der Waals surface area contributed by atoms with Crippen LogP contribution in [0.2, 0.25) is 10.0 Å². The summed E-state index contributed by atoms with van der Waals surface area (Å²) in [6.07, 6.45) is 0.711.